The molecule has 3 rings (SSSR count). The third-order valence-electron chi connectivity index (χ3n) is 2.28. The summed E-state index contributed by atoms with van der Waals surface area (Å²) < 4.78 is 1.85. The van der Waals surface area contributed by atoms with E-state index in [1.54, 1.807) is 34.4 Å². The SMILES string of the molecule is Clc1ccc(CSc2nnc(NC3CC3)s2)s1. The summed E-state index contributed by atoms with van der Waals surface area (Å²) in [5, 5.41) is 12.6. The fourth-order valence-corrected chi connectivity index (χ4v) is 4.25. The first kappa shape index (κ1) is 11.8. The van der Waals surface area contributed by atoms with Crippen molar-refractivity contribution >= 4 is 51.2 Å². The highest BCUT2D eigenvalue weighted by atomic mass is 35.5. The standard InChI is InChI=1S/C10H10ClN3S3/c11-8-4-3-7(16-8)5-15-10-14-13-9(17-10)12-6-1-2-6/h3-4,6H,1-2,5H2,(H,12,13). The zero-order chi connectivity index (χ0) is 11.7. The number of rotatable bonds is 5. The van der Waals surface area contributed by atoms with Crippen molar-refractivity contribution < 1.29 is 0 Å². The fraction of sp³-hybridized carbons (Fsp3) is 0.400. The van der Waals surface area contributed by atoms with Crippen molar-refractivity contribution in [1.29, 1.82) is 0 Å². The fourth-order valence-electron chi connectivity index (χ4n) is 1.29. The number of hydrogen-bond acceptors (Lipinski definition) is 6. The highest BCUT2D eigenvalue weighted by Gasteiger charge is 2.22. The summed E-state index contributed by atoms with van der Waals surface area (Å²) in [5.41, 5.74) is 0. The van der Waals surface area contributed by atoms with Crippen LogP contribution in [0.1, 0.15) is 17.7 Å². The number of halogens is 1. The molecule has 1 saturated carbocycles. The number of aromatic nitrogens is 2. The minimum absolute atomic E-state index is 0.636. The van der Waals surface area contributed by atoms with Crippen molar-refractivity contribution in [3.8, 4) is 0 Å². The van der Waals surface area contributed by atoms with Gasteiger partial charge in [-0.2, -0.15) is 0 Å². The minimum Gasteiger partial charge on any atom is -0.357 e. The van der Waals surface area contributed by atoms with Gasteiger partial charge in [0.15, 0.2) is 4.34 Å². The van der Waals surface area contributed by atoms with E-state index in [2.05, 4.69) is 21.6 Å². The van der Waals surface area contributed by atoms with Gasteiger partial charge in [-0.15, -0.1) is 21.5 Å². The maximum Gasteiger partial charge on any atom is 0.206 e. The van der Waals surface area contributed by atoms with Crippen molar-refractivity contribution in [2.75, 3.05) is 5.32 Å². The molecule has 7 heteroatoms. The first-order valence-corrected chi connectivity index (χ1v) is 8.26. The molecule has 0 amide bonds. The van der Waals surface area contributed by atoms with Crippen LogP contribution in [0.15, 0.2) is 16.5 Å². The van der Waals surface area contributed by atoms with Crippen LogP contribution in [0.3, 0.4) is 0 Å². The molecule has 0 aliphatic heterocycles. The van der Waals surface area contributed by atoms with Crippen LogP contribution in [0.4, 0.5) is 5.13 Å². The molecule has 17 heavy (non-hydrogen) atoms. The summed E-state index contributed by atoms with van der Waals surface area (Å²) in [7, 11) is 0. The van der Waals surface area contributed by atoms with Crippen LogP contribution in [0.5, 0.6) is 0 Å². The number of thiophene rings is 1. The van der Waals surface area contributed by atoms with E-state index < -0.39 is 0 Å². The molecule has 2 aromatic rings. The van der Waals surface area contributed by atoms with Gasteiger partial charge in [-0.05, 0) is 25.0 Å². The Hall–Kier alpha value is -0.300. The quantitative estimate of drug-likeness (QED) is 0.843. The van der Waals surface area contributed by atoms with Gasteiger partial charge in [-0.25, -0.2) is 0 Å². The number of nitrogens with one attached hydrogen (secondary N) is 1. The molecule has 0 bridgehead atoms. The molecule has 1 fully saturated rings. The predicted octanol–water partition coefficient (Wildman–Crippen LogP) is 4.12. The molecule has 1 aliphatic rings. The average Bonchev–Trinajstić information content (AvgIpc) is 2.84. The second kappa shape index (κ2) is 5.14. The molecule has 0 saturated heterocycles. The van der Waals surface area contributed by atoms with Crippen LogP contribution in [-0.4, -0.2) is 16.2 Å². The van der Waals surface area contributed by atoms with Crippen molar-refractivity contribution in [2.24, 2.45) is 0 Å². The van der Waals surface area contributed by atoms with Gasteiger partial charge in [0.2, 0.25) is 5.13 Å². The van der Waals surface area contributed by atoms with Crippen LogP contribution < -0.4 is 5.32 Å². The van der Waals surface area contributed by atoms with Crippen molar-refractivity contribution in [2.45, 2.75) is 29.0 Å². The second-order valence-corrected chi connectivity index (χ2v) is 7.79. The van der Waals surface area contributed by atoms with Crippen LogP contribution in [0.25, 0.3) is 0 Å². The molecular weight excluding hydrogens is 294 g/mol. The Labute approximate surface area is 117 Å². The Morgan fingerprint density at radius 1 is 1.35 bits per heavy atom. The maximum absolute atomic E-state index is 5.88. The lowest BCUT2D eigenvalue weighted by Gasteiger charge is -1.94. The van der Waals surface area contributed by atoms with Gasteiger partial charge in [-0.1, -0.05) is 34.7 Å². The number of hydrogen-bond donors (Lipinski definition) is 1. The molecule has 0 unspecified atom stereocenters. The second-order valence-electron chi connectivity index (χ2n) is 3.79. The maximum atomic E-state index is 5.88. The Morgan fingerprint density at radius 2 is 2.24 bits per heavy atom. The third kappa shape index (κ3) is 3.34. The molecule has 0 aromatic carbocycles. The molecule has 2 heterocycles. The molecule has 2 aromatic heterocycles. The molecule has 0 atom stereocenters. The molecule has 1 aliphatic carbocycles. The first-order chi connectivity index (χ1) is 8.29. The molecule has 1 N–H and O–H groups in total. The van der Waals surface area contributed by atoms with Crippen LogP contribution in [0, 0.1) is 0 Å². The molecule has 3 nitrogen and oxygen atoms in total. The van der Waals surface area contributed by atoms with E-state index in [4.69, 9.17) is 11.6 Å². The van der Waals surface area contributed by atoms with Gasteiger partial charge >= 0.3 is 0 Å². The number of anilines is 1. The molecule has 0 radical (unpaired) electrons. The van der Waals surface area contributed by atoms with Gasteiger partial charge in [-0.3, -0.25) is 0 Å². The summed E-state index contributed by atoms with van der Waals surface area (Å²) in [5.74, 6) is 0.912. The van der Waals surface area contributed by atoms with Gasteiger partial charge in [0.05, 0.1) is 4.34 Å². The predicted molar refractivity (Wildman–Crippen MR) is 75.4 cm³/mol. The van der Waals surface area contributed by atoms with E-state index in [-0.39, 0.29) is 0 Å². The third-order valence-corrected chi connectivity index (χ3v) is 5.73. The summed E-state index contributed by atoms with van der Waals surface area (Å²) in [6.07, 6.45) is 2.52. The van der Waals surface area contributed by atoms with Crippen LogP contribution >= 0.6 is 46.0 Å². The Kier molecular flexibility index (Phi) is 3.56. The zero-order valence-electron chi connectivity index (χ0n) is 8.85. The van der Waals surface area contributed by atoms with Crippen LogP contribution in [-0.2, 0) is 5.75 Å². The highest BCUT2D eigenvalue weighted by molar-refractivity contribution is 8.00. The molecule has 0 spiro atoms. The van der Waals surface area contributed by atoms with E-state index in [9.17, 15) is 0 Å². The van der Waals surface area contributed by atoms with E-state index in [1.165, 1.54) is 17.7 Å². The van der Waals surface area contributed by atoms with Gasteiger partial charge in [0, 0.05) is 16.7 Å². The zero-order valence-corrected chi connectivity index (χ0v) is 12.1. The summed E-state index contributed by atoms with van der Waals surface area (Å²) >= 11 is 10.8. The summed E-state index contributed by atoms with van der Waals surface area (Å²) in [6.45, 7) is 0. The highest BCUT2D eigenvalue weighted by Crippen LogP contribution is 2.33. The Morgan fingerprint density at radius 3 is 2.94 bits per heavy atom. The lowest BCUT2D eigenvalue weighted by Crippen LogP contribution is -1.99. The monoisotopic (exact) mass is 303 g/mol. The largest absolute Gasteiger partial charge is 0.357 e. The van der Waals surface area contributed by atoms with Crippen LogP contribution in [0.2, 0.25) is 4.34 Å². The lowest BCUT2D eigenvalue weighted by molar-refractivity contribution is 0.995. The lowest BCUT2D eigenvalue weighted by atomic mass is 10.5. The van der Waals surface area contributed by atoms with Gasteiger partial charge in [0.25, 0.3) is 0 Å². The summed E-state index contributed by atoms with van der Waals surface area (Å²) in [6, 6.07) is 4.63. The topological polar surface area (TPSA) is 37.8 Å². The van der Waals surface area contributed by atoms with E-state index in [1.807, 2.05) is 6.07 Å². The Bertz CT molecular complexity index is 506. The van der Waals surface area contributed by atoms with Gasteiger partial charge in [0.1, 0.15) is 0 Å². The average molecular weight is 304 g/mol. The number of thioether (sulfide) groups is 1. The Balaban J connectivity index is 1.55. The first-order valence-electron chi connectivity index (χ1n) is 5.26. The van der Waals surface area contributed by atoms with Gasteiger partial charge < -0.3 is 5.32 Å². The van der Waals surface area contributed by atoms with Crippen molar-refractivity contribution in [3.63, 3.8) is 0 Å². The molecule has 90 valence electrons. The van der Waals surface area contributed by atoms with E-state index in [0.717, 1.165) is 19.6 Å². The number of nitrogens with zero attached hydrogens (tertiary/aromatic N) is 2. The van der Waals surface area contributed by atoms with Crippen molar-refractivity contribution in [3.05, 3.63) is 21.3 Å². The van der Waals surface area contributed by atoms with E-state index in [0.29, 0.717) is 6.04 Å². The normalized spacial score (nSPS) is 15.1. The summed E-state index contributed by atoms with van der Waals surface area (Å²) in [4.78, 5) is 1.27. The van der Waals surface area contributed by atoms with Crippen molar-refractivity contribution in [1.82, 2.24) is 10.2 Å². The minimum atomic E-state index is 0.636. The van der Waals surface area contributed by atoms with E-state index >= 15 is 0 Å². The molecular formula is C10H10ClN3S3. The smallest absolute Gasteiger partial charge is 0.206 e.